The molecule has 0 aliphatic rings. The standard InChI is InChI=1S/C21H25N3O4S/c1-5-6-9-23(2)18(25)11-24-13-22-20-19(21(24)26)15(12-29-20)14-7-8-16(27-3)17(10-14)28-4/h7-8,10,12-13H,5-6,9,11H2,1-4H3. The highest BCUT2D eigenvalue weighted by Gasteiger charge is 2.17. The molecule has 0 spiro atoms. The number of benzene rings is 1. The summed E-state index contributed by atoms with van der Waals surface area (Å²) in [5, 5.41) is 2.41. The molecule has 2 heterocycles. The minimum Gasteiger partial charge on any atom is -0.493 e. The number of nitrogens with zero attached hydrogens (tertiary/aromatic N) is 3. The van der Waals surface area contributed by atoms with Gasteiger partial charge in [-0.1, -0.05) is 19.4 Å². The second kappa shape index (κ2) is 9.09. The van der Waals surface area contributed by atoms with E-state index in [9.17, 15) is 9.59 Å². The summed E-state index contributed by atoms with van der Waals surface area (Å²) in [6, 6.07) is 5.52. The van der Waals surface area contributed by atoms with Gasteiger partial charge in [-0.25, -0.2) is 4.98 Å². The zero-order valence-electron chi connectivity index (χ0n) is 17.1. The Kier molecular flexibility index (Phi) is 6.53. The summed E-state index contributed by atoms with van der Waals surface area (Å²) >= 11 is 1.40. The lowest BCUT2D eigenvalue weighted by Gasteiger charge is -2.17. The molecule has 1 amide bonds. The van der Waals surface area contributed by atoms with E-state index in [2.05, 4.69) is 11.9 Å². The number of unbranched alkanes of at least 4 members (excludes halogenated alkanes) is 1. The lowest BCUT2D eigenvalue weighted by molar-refractivity contribution is -0.130. The predicted molar refractivity (Wildman–Crippen MR) is 115 cm³/mol. The average molecular weight is 416 g/mol. The van der Waals surface area contributed by atoms with Crippen molar-refractivity contribution in [2.45, 2.75) is 26.3 Å². The van der Waals surface area contributed by atoms with Crippen molar-refractivity contribution in [3.63, 3.8) is 0 Å². The molecule has 3 rings (SSSR count). The van der Waals surface area contributed by atoms with Crippen LogP contribution in [0.3, 0.4) is 0 Å². The minimum absolute atomic E-state index is 0.0246. The molecule has 0 fully saturated rings. The van der Waals surface area contributed by atoms with Gasteiger partial charge in [0, 0.05) is 24.5 Å². The Morgan fingerprint density at radius 1 is 1.24 bits per heavy atom. The second-order valence-corrected chi connectivity index (χ2v) is 7.60. The number of carbonyl (C=O) groups is 1. The van der Waals surface area contributed by atoms with Crippen molar-refractivity contribution in [2.75, 3.05) is 27.8 Å². The number of likely N-dealkylation sites (N-methyl/N-ethyl adjacent to an activating group) is 1. The van der Waals surface area contributed by atoms with Crippen LogP contribution in [0.25, 0.3) is 21.3 Å². The zero-order chi connectivity index (χ0) is 21.0. The van der Waals surface area contributed by atoms with Crippen molar-refractivity contribution in [1.29, 1.82) is 0 Å². The smallest absolute Gasteiger partial charge is 0.263 e. The monoisotopic (exact) mass is 415 g/mol. The molecule has 0 aliphatic carbocycles. The summed E-state index contributed by atoms with van der Waals surface area (Å²) in [6.45, 7) is 2.73. The van der Waals surface area contributed by atoms with Gasteiger partial charge in [-0.15, -0.1) is 11.3 Å². The first-order chi connectivity index (χ1) is 14.0. The van der Waals surface area contributed by atoms with Gasteiger partial charge < -0.3 is 14.4 Å². The molecule has 2 aromatic heterocycles. The fourth-order valence-electron chi connectivity index (χ4n) is 3.08. The third-order valence-electron chi connectivity index (χ3n) is 4.83. The van der Waals surface area contributed by atoms with Crippen molar-refractivity contribution < 1.29 is 14.3 Å². The van der Waals surface area contributed by atoms with Gasteiger partial charge in [-0.05, 0) is 24.1 Å². The van der Waals surface area contributed by atoms with Gasteiger partial charge in [0.05, 0.1) is 25.9 Å². The van der Waals surface area contributed by atoms with Crippen LogP contribution in [-0.4, -0.2) is 48.2 Å². The minimum atomic E-state index is -0.224. The topological polar surface area (TPSA) is 73.7 Å². The lowest BCUT2D eigenvalue weighted by atomic mass is 10.1. The van der Waals surface area contributed by atoms with E-state index in [-0.39, 0.29) is 18.0 Å². The van der Waals surface area contributed by atoms with Crippen LogP contribution in [0.2, 0.25) is 0 Å². The maximum atomic E-state index is 13.1. The van der Waals surface area contributed by atoms with Crippen LogP contribution >= 0.6 is 11.3 Å². The number of carbonyl (C=O) groups excluding carboxylic acids is 1. The molecule has 0 unspecified atom stereocenters. The van der Waals surface area contributed by atoms with Gasteiger partial charge in [0.15, 0.2) is 11.5 Å². The molecule has 0 saturated carbocycles. The van der Waals surface area contributed by atoms with Crippen LogP contribution in [0.15, 0.2) is 34.7 Å². The Morgan fingerprint density at radius 3 is 2.69 bits per heavy atom. The molecule has 1 aromatic carbocycles. The first-order valence-corrected chi connectivity index (χ1v) is 10.3. The molecule has 0 bridgehead atoms. The van der Waals surface area contributed by atoms with Crippen molar-refractivity contribution >= 4 is 27.5 Å². The van der Waals surface area contributed by atoms with Gasteiger partial charge in [-0.2, -0.15) is 0 Å². The SMILES string of the molecule is CCCCN(C)C(=O)Cn1cnc2scc(-c3ccc(OC)c(OC)c3)c2c1=O. The Labute approximate surface area is 173 Å². The van der Waals surface area contributed by atoms with E-state index in [0.717, 1.165) is 24.0 Å². The van der Waals surface area contributed by atoms with Crippen molar-refractivity contribution in [3.05, 3.63) is 40.3 Å². The van der Waals surface area contributed by atoms with E-state index in [1.54, 1.807) is 32.2 Å². The number of fused-ring (bicyclic) bond motifs is 1. The zero-order valence-corrected chi connectivity index (χ0v) is 17.9. The molecule has 0 saturated heterocycles. The fraction of sp³-hybridized carbons (Fsp3) is 0.381. The number of amides is 1. The molecular weight excluding hydrogens is 390 g/mol. The summed E-state index contributed by atoms with van der Waals surface area (Å²) in [7, 11) is 4.91. The summed E-state index contributed by atoms with van der Waals surface area (Å²) in [5.41, 5.74) is 1.37. The summed E-state index contributed by atoms with van der Waals surface area (Å²) in [5.74, 6) is 1.10. The molecule has 154 valence electrons. The molecule has 0 atom stereocenters. The number of thiophene rings is 1. The number of aromatic nitrogens is 2. The van der Waals surface area contributed by atoms with E-state index in [4.69, 9.17) is 9.47 Å². The largest absolute Gasteiger partial charge is 0.493 e. The van der Waals surface area contributed by atoms with Crippen molar-refractivity contribution in [3.8, 4) is 22.6 Å². The number of hydrogen-bond acceptors (Lipinski definition) is 6. The number of rotatable bonds is 8. The Bertz CT molecular complexity index is 1070. The first kappa shape index (κ1) is 20.9. The summed E-state index contributed by atoms with van der Waals surface area (Å²) < 4.78 is 12.1. The third-order valence-corrected chi connectivity index (χ3v) is 5.72. The Balaban J connectivity index is 1.99. The van der Waals surface area contributed by atoms with Gasteiger partial charge in [0.25, 0.3) is 5.56 Å². The van der Waals surface area contributed by atoms with Crippen LogP contribution in [0.1, 0.15) is 19.8 Å². The van der Waals surface area contributed by atoms with E-state index < -0.39 is 0 Å². The Hall–Kier alpha value is -2.87. The van der Waals surface area contributed by atoms with Crippen LogP contribution in [0.5, 0.6) is 11.5 Å². The van der Waals surface area contributed by atoms with Gasteiger partial charge >= 0.3 is 0 Å². The number of hydrogen-bond donors (Lipinski definition) is 0. The molecule has 0 N–H and O–H groups in total. The van der Waals surface area contributed by atoms with Crippen LogP contribution in [-0.2, 0) is 11.3 Å². The van der Waals surface area contributed by atoms with Crippen LogP contribution < -0.4 is 15.0 Å². The van der Waals surface area contributed by atoms with E-state index in [1.165, 1.54) is 22.2 Å². The quantitative estimate of drug-likeness (QED) is 0.564. The fourth-order valence-corrected chi connectivity index (χ4v) is 3.99. The van der Waals surface area contributed by atoms with Crippen molar-refractivity contribution in [2.24, 2.45) is 0 Å². The average Bonchev–Trinajstić information content (AvgIpc) is 3.18. The summed E-state index contributed by atoms with van der Waals surface area (Å²) in [6.07, 6.45) is 3.39. The van der Waals surface area contributed by atoms with Crippen LogP contribution in [0, 0.1) is 0 Å². The molecular formula is C21H25N3O4S. The third kappa shape index (κ3) is 4.27. The first-order valence-electron chi connectivity index (χ1n) is 9.43. The van der Waals surface area contributed by atoms with Gasteiger partial charge in [-0.3, -0.25) is 14.2 Å². The van der Waals surface area contributed by atoms with Crippen molar-refractivity contribution in [1.82, 2.24) is 14.5 Å². The number of ether oxygens (including phenoxy) is 2. The highest BCUT2D eigenvalue weighted by molar-refractivity contribution is 7.17. The Morgan fingerprint density at radius 2 is 2.00 bits per heavy atom. The van der Waals surface area contributed by atoms with E-state index in [0.29, 0.717) is 28.3 Å². The van der Waals surface area contributed by atoms with Gasteiger partial charge in [0.2, 0.25) is 5.91 Å². The highest BCUT2D eigenvalue weighted by Crippen LogP contribution is 2.36. The second-order valence-electron chi connectivity index (χ2n) is 6.75. The molecule has 29 heavy (non-hydrogen) atoms. The maximum Gasteiger partial charge on any atom is 0.263 e. The highest BCUT2D eigenvalue weighted by atomic mass is 32.1. The lowest BCUT2D eigenvalue weighted by Crippen LogP contribution is -2.34. The molecule has 7 nitrogen and oxygen atoms in total. The van der Waals surface area contributed by atoms with Gasteiger partial charge in [0.1, 0.15) is 11.4 Å². The van der Waals surface area contributed by atoms with E-state index >= 15 is 0 Å². The summed E-state index contributed by atoms with van der Waals surface area (Å²) in [4.78, 5) is 32.3. The molecule has 0 aliphatic heterocycles. The normalized spacial score (nSPS) is 10.9. The van der Waals surface area contributed by atoms with E-state index in [1.807, 2.05) is 17.5 Å². The maximum absolute atomic E-state index is 13.1. The predicted octanol–water partition coefficient (Wildman–Crippen LogP) is 3.40. The molecule has 8 heteroatoms. The molecule has 3 aromatic rings. The number of methoxy groups -OCH3 is 2. The molecule has 0 radical (unpaired) electrons. The van der Waals surface area contributed by atoms with Crippen LogP contribution in [0.4, 0.5) is 0 Å².